The van der Waals surface area contributed by atoms with Crippen LogP contribution in [0.1, 0.15) is 29.3 Å². The van der Waals surface area contributed by atoms with Crippen LogP contribution in [-0.2, 0) is 0 Å². The average Bonchev–Trinajstić information content (AvgIpc) is 3.12. The second-order valence-corrected chi connectivity index (χ2v) is 6.45. The first-order valence-electron chi connectivity index (χ1n) is 8.48. The van der Waals surface area contributed by atoms with E-state index in [9.17, 15) is 4.79 Å². The molecule has 126 valence electrons. The maximum absolute atomic E-state index is 12.3. The quantitative estimate of drug-likeness (QED) is 0.885. The van der Waals surface area contributed by atoms with Gasteiger partial charge in [-0.1, -0.05) is 17.7 Å². The van der Waals surface area contributed by atoms with Crippen molar-refractivity contribution in [1.82, 2.24) is 10.6 Å². The van der Waals surface area contributed by atoms with E-state index in [1.54, 1.807) is 12.1 Å². The number of amides is 1. The molecule has 24 heavy (non-hydrogen) atoms. The zero-order valence-electron chi connectivity index (χ0n) is 14.2. The monoisotopic (exact) mass is 324 g/mol. The van der Waals surface area contributed by atoms with Gasteiger partial charge in [0.25, 0.3) is 5.91 Å². The topological polar surface area (TPSA) is 50.4 Å². The Morgan fingerprint density at radius 3 is 2.33 bits per heavy atom. The lowest BCUT2D eigenvalue weighted by molar-refractivity contribution is 0.0929. The molecule has 0 spiro atoms. The zero-order valence-corrected chi connectivity index (χ0v) is 14.2. The Morgan fingerprint density at radius 1 is 1.12 bits per heavy atom. The molecule has 1 heterocycles. The van der Waals surface area contributed by atoms with E-state index in [4.69, 9.17) is 4.74 Å². The predicted molar refractivity (Wildman–Crippen MR) is 95.6 cm³/mol. The van der Waals surface area contributed by atoms with Gasteiger partial charge >= 0.3 is 0 Å². The van der Waals surface area contributed by atoms with E-state index in [1.165, 1.54) is 5.56 Å². The van der Waals surface area contributed by atoms with Gasteiger partial charge in [-0.15, -0.1) is 0 Å². The second-order valence-electron chi connectivity index (χ2n) is 6.45. The van der Waals surface area contributed by atoms with E-state index in [0.29, 0.717) is 11.5 Å². The van der Waals surface area contributed by atoms with Gasteiger partial charge in [0.2, 0.25) is 0 Å². The predicted octanol–water partition coefficient (Wildman–Crippen LogP) is 3.52. The number of rotatable bonds is 5. The molecule has 1 aliphatic rings. The molecule has 2 aromatic carbocycles. The Labute approximate surface area is 143 Å². The van der Waals surface area contributed by atoms with Crippen LogP contribution in [0.5, 0.6) is 11.5 Å². The molecule has 1 amide bonds. The lowest BCUT2D eigenvalue weighted by Crippen LogP contribution is -2.38. The van der Waals surface area contributed by atoms with Crippen molar-refractivity contribution >= 4 is 5.91 Å². The first kappa shape index (κ1) is 16.5. The van der Waals surface area contributed by atoms with Gasteiger partial charge < -0.3 is 15.4 Å². The third kappa shape index (κ3) is 4.15. The fourth-order valence-corrected chi connectivity index (χ4v) is 2.93. The van der Waals surface area contributed by atoms with Crippen molar-refractivity contribution in [3.8, 4) is 11.5 Å². The van der Waals surface area contributed by atoms with E-state index in [-0.39, 0.29) is 11.9 Å². The SMILES string of the molecule is Cc1ccc(Oc2ccc(C(=O)NC(C)C3CCNC3)cc2)cc1. The molecule has 0 aromatic heterocycles. The highest BCUT2D eigenvalue weighted by atomic mass is 16.5. The fraction of sp³-hybridized carbons (Fsp3) is 0.350. The summed E-state index contributed by atoms with van der Waals surface area (Å²) in [5.74, 6) is 2.00. The second kappa shape index (κ2) is 7.49. The zero-order chi connectivity index (χ0) is 16.9. The standard InChI is InChI=1S/C20H24N2O2/c1-14-3-7-18(8-4-14)24-19-9-5-16(6-10-19)20(23)22-15(2)17-11-12-21-13-17/h3-10,15,17,21H,11-13H2,1-2H3,(H,22,23). The van der Waals surface area contributed by atoms with Crippen molar-refractivity contribution in [2.45, 2.75) is 26.3 Å². The average molecular weight is 324 g/mol. The molecule has 3 rings (SSSR count). The Morgan fingerprint density at radius 2 is 1.75 bits per heavy atom. The molecule has 0 aliphatic carbocycles. The number of hydrogen-bond donors (Lipinski definition) is 2. The van der Waals surface area contributed by atoms with Crippen molar-refractivity contribution in [3.05, 3.63) is 59.7 Å². The number of aryl methyl sites for hydroxylation is 1. The van der Waals surface area contributed by atoms with Crippen molar-refractivity contribution in [3.63, 3.8) is 0 Å². The maximum Gasteiger partial charge on any atom is 0.251 e. The maximum atomic E-state index is 12.3. The minimum atomic E-state index is -0.0312. The van der Waals surface area contributed by atoms with Gasteiger partial charge in [0.05, 0.1) is 0 Å². The lowest BCUT2D eigenvalue weighted by Gasteiger charge is -2.19. The van der Waals surface area contributed by atoms with Crippen LogP contribution in [-0.4, -0.2) is 25.0 Å². The third-order valence-electron chi connectivity index (χ3n) is 4.54. The normalized spacial score (nSPS) is 18.2. The molecule has 0 bridgehead atoms. The van der Waals surface area contributed by atoms with Gasteiger partial charge in [-0.05, 0) is 75.7 Å². The summed E-state index contributed by atoms with van der Waals surface area (Å²) in [5, 5.41) is 6.43. The summed E-state index contributed by atoms with van der Waals surface area (Å²) in [7, 11) is 0. The molecule has 4 nitrogen and oxygen atoms in total. The summed E-state index contributed by atoms with van der Waals surface area (Å²) in [6.07, 6.45) is 1.12. The number of hydrogen-bond acceptors (Lipinski definition) is 3. The van der Waals surface area contributed by atoms with Crippen LogP contribution in [0.25, 0.3) is 0 Å². The van der Waals surface area contributed by atoms with E-state index in [2.05, 4.69) is 17.6 Å². The van der Waals surface area contributed by atoms with E-state index >= 15 is 0 Å². The van der Waals surface area contributed by atoms with Gasteiger partial charge in [0.15, 0.2) is 0 Å². The fourth-order valence-electron chi connectivity index (χ4n) is 2.93. The molecule has 2 aromatic rings. The van der Waals surface area contributed by atoms with Crippen LogP contribution in [0.3, 0.4) is 0 Å². The largest absolute Gasteiger partial charge is 0.457 e. The molecular formula is C20H24N2O2. The Hall–Kier alpha value is -2.33. The van der Waals surface area contributed by atoms with Crippen molar-refractivity contribution < 1.29 is 9.53 Å². The Kier molecular flexibility index (Phi) is 5.16. The van der Waals surface area contributed by atoms with Gasteiger partial charge in [0, 0.05) is 11.6 Å². The molecule has 0 radical (unpaired) electrons. The van der Waals surface area contributed by atoms with E-state index in [1.807, 2.05) is 43.3 Å². The molecule has 2 unspecified atom stereocenters. The van der Waals surface area contributed by atoms with E-state index < -0.39 is 0 Å². The van der Waals surface area contributed by atoms with Crippen LogP contribution >= 0.6 is 0 Å². The molecule has 2 atom stereocenters. The minimum absolute atomic E-state index is 0.0312. The van der Waals surface area contributed by atoms with Crippen molar-refractivity contribution in [2.24, 2.45) is 5.92 Å². The summed E-state index contributed by atoms with van der Waals surface area (Å²) in [4.78, 5) is 12.3. The molecule has 4 heteroatoms. The molecule has 1 fully saturated rings. The first-order valence-corrected chi connectivity index (χ1v) is 8.48. The Bertz CT molecular complexity index is 674. The minimum Gasteiger partial charge on any atom is -0.457 e. The van der Waals surface area contributed by atoms with Crippen LogP contribution in [0.4, 0.5) is 0 Å². The number of carbonyl (C=O) groups is 1. The summed E-state index contributed by atoms with van der Waals surface area (Å²) in [6, 6.07) is 15.3. The lowest BCUT2D eigenvalue weighted by atomic mass is 10.0. The molecular weight excluding hydrogens is 300 g/mol. The number of nitrogens with one attached hydrogen (secondary N) is 2. The van der Waals surface area contributed by atoms with Gasteiger partial charge in [-0.25, -0.2) is 0 Å². The highest BCUT2D eigenvalue weighted by Crippen LogP contribution is 2.22. The summed E-state index contributed by atoms with van der Waals surface area (Å²) >= 11 is 0. The van der Waals surface area contributed by atoms with Crippen molar-refractivity contribution in [1.29, 1.82) is 0 Å². The summed E-state index contributed by atoms with van der Waals surface area (Å²) in [6.45, 7) is 6.13. The number of carbonyl (C=O) groups excluding carboxylic acids is 1. The third-order valence-corrected chi connectivity index (χ3v) is 4.54. The van der Waals surface area contributed by atoms with Gasteiger partial charge in [0.1, 0.15) is 11.5 Å². The highest BCUT2D eigenvalue weighted by molar-refractivity contribution is 5.94. The molecule has 1 saturated heterocycles. The van der Waals surface area contributed by atoms with Gasteiger partial charge in [-0.2, -0.15) is 0 Å². The van der Waals surface area contributed by atoms with Crippen LogP contribution < -0.4 is 15.4 Å². The van der Waals surface area contributed by atoms with Gasteiger partial charge in [-0.3, -0.25) is 4.79 Å². The van der Waals surface area contributed by atoms with E-state index in [0.717, 1.165) is 31.0 Å². The Balaban J connectivity index is 1.59. The van der Waals surface area contributed by atoms with Crippen LogP contribution in [0, 0.1) is 12.8 Å². The van der Waals surface area contributed by atoms with Crippen molar-refractivity contribution in [2.75, 3.05) is 13.1 Å². The number of ether oxygens (including phenoxy) is 1. The molecule has 0 saturated carbocycles. The molecule has 2 N–H and O–H groups in total. The highest BCUT2D eigenvalue weighted by Gasteiger charge is 2.22. The number of benzene rings is 2. The summed E-state index contributed by atoms with van der Waals surface area (Å²) < 4.78 is 5.79. The van der Waals surface area contributed by atoms with Crippen LogP contribution in [0.15, 0.2) is 48.5 Å². The summed E-state index contributed by atoms with van der Waals surface area (Å²) in [5.41, 5.74) is 1.85. The first-order chi connectivity index (χ1) is 11.6. The smallest absolute Gasteiger partial charge is 0.251 e. The molecule has 1 aliphatic heterocycles. The van der Waals surface area contributed by atoms with Crippen LogP contribution in [0.2, 0.25) is 0 Å².